The molecule has 21 heavy (non-hydrogen) atoms. The first-order chi connectivity index (χ1) is 10.2. The predicted molar refractivity (Wildman–Crippen MR) is 80.8 cm³/mol. The van der Waals surface area contributed by atoms with Crippen LogP contribution < -0.4 is 4.74 Å². The number of para-hydroxylation sites is 1. The molecule has 0 heterocycles. The van der Waals surface area contributed by atoms with E-state index in [0.717, 1.165) is 11.1 Å². The van der Waals surface area contributed by atoms with Crippen molar-refractivity contribution in [3.63, 3.8) is 0 Å². The van der Waals surface area contributed by atoms with Crippen LogP contribution in [0.25, 0.3) is 0 Å². The molecule has 2 rings (SSSR count). The van der Waals surface area contributed by atoms with Crippen molar-refractivity contribution in [3.05, 3.63) is 64.4 Å². The first kappa shape index (κ1) is 15.3. The predicted octanol–water partition coefficient (Wildman–Crippen LogP) is 4.65. The Hall–Kier alpha value is -2.07. The van der Waals surface area contributed by atoms with Crippen molar-refractivity contribution < 1.29 is 14.3 Å². The van der Waals surface area contributed by atoms with E-state index in [4.69, 9.17) is 21.5 Å². The van der Waals surface area contributed by atoms with E-state index in [-0.39, 0.29) is 11.6 Å². The zero-order chi connectivity index (χ0) is 15.2. The molecule has 1 N–H and O–H groups in total. The molecule has 5 heteroatoms. The number of hydrogen-bond donors (Lipinski definition) is 1. The van der Waals surface area contributed by atoms with Gasteiger partial charge in [-0.05, 0) is 36.2 Å². The largest absolute Gasteiger partial charge is 0.488 e. The van der Waals surface area contributed by atoms with E-state index in [0.29, 0.717) is 17.9 Å². The summed E-state index contributed by atoms with van der Waals surface area (Å²) in [5.41, 5.74) is 2.04. The van der Waals surface area contributed by atoms with E-state index < -0.39 is 5.82 Å². The molecular formula is C16H15ClFNO2. The molecule has 0 aliphatic heterocycles. The maximum Gasteiger partial charge on any atom is 0.141 e. The maximum atomic E-state index is 13.1. The summed E-state index contributed by atoms with van der Waals surface area (Å²) in [5, 5.41) is 12.4. The fourth-order valence-electron chi connectivity index (χ4n) is 1.94. The van der Waals surface area contributed by atoms with Gasteiger partial charge in [-0.2, -0.15) is 0 Å². The van der Waals surface area contributed by atoms with Crippen LogP contribution in [0.2, 0.25) is 5.02 Å². The van der Waals surface area contributed by atoms with E-state index in [9.17, 15) is 4.39 Å². The van der Waals surface area contributed by atoms with Crippen LogP contribution >= 0.6 is 11.6 Å². The van der Waals surface area contributed by atoms with Crippen molar-refractivity contribution in [2.24, 2.45) is 5.16 Å². The number of halogens is 2. The summed E-state index contributed by atoms with van der Waals surface area (Å²) in [7, 11) is 0. The molecule has 0 aromatic heterocycles. The van der Waals surface area contributed by atoms with E-state index >= 15 is 0 Å². The summed E-state index contributed by atoms with van der Waals surface area (Å²) >= 11 is 5.74. The monoisotopic (exact) mass is 307 g/mol. The summed E-state index contributed by atoms with van der Waals surface area (Å²) in [6, 6.07) is 11.7. The lowest BCUT2D eigenvalue weighted by Crippen LogP contribution is -2.04. The lowest BCUT2D eigenvalue weighted by molar-refractivity contribution is 0.303. The third-order valence-corrected chi connectivity index (χ3v) is 3.32. The Morgan fingerprint density at radius 1 is 1.29 bits per heavy atom. The third kappa shape index (κ3) is 3.73. The van der Waals surface area contributed by atoms with Gasteiger partial charge in [-0.25, -0.2) is 4.39 Å². The summed E-state index contributed by atoms with van der Waals surface area (Å²) < 4.78 is 18.8. The van der Waals surface area contributed by atoms with E-state index in [2.05, 4.69) is 5.16 Å². The number of oxime groups is 1. The molecule has 0 fully saturated rings. The Morgan fingerprint density at radius 2 is 2.05 bits per heavy atom. The van der Waals surface area contributed by atoms with E-state index in [1.807, 2.05) is 25.1 Å². The number of rotatable bonds is 5. The highest BCUT2D eigenvalue weighted by molar-refractivity contribution is 6.30. The summed E-state index contributed by atoms with van der Waals surface area (Å²) in [6.45, 7) is 2.14. The standard InChI is InChI=1S/C16H15ClFNO2/c1-2-15(19-20)12-5-3-4-6-16(12)21-10-11-7-8-14(18)13(17)9-11/h3-9,20H,2,10H2,1H3/b19-15-. The minimum Gasteiger partial charge on any atom is -0.488 e. The Kier molecular flexibility index (Phi) is 5.17. The lowest BCUT2D eigenvalue weighted by atomic mass is 10.1. The van der Waals surface area contributed by atoms with Gasteiger partial charge in [0.1, 0.15) is 18.2 Å². The molecule has 3 nitrogen and oxygen atoms in total. The highest BCUT2D eigenvalue weighted by atomic mass is 35.5. The van der Waals surface area contributed by atoms with Crippen LogP contribution in [0.1, 0.15) is 24.5 Å². The van der Waals surface area contributed by atoms with Crippen LogP contribution in [-0.4, -0.2) is 10.9 Å². The molecule has 0 unspecified atom stereocenters. The minimum absolute atomic E-state index is 0.0653. The average molecular weight is 308 g/mol. The first-order valence-corrected chi connectivity index (χ1v) is 6.90. The lowest BCUT2D eigenvalue weighted by Gasteiger charge is -2.12. The van der Waals surface area contributed by atoms with Gasteiger partial charge in [-0.1, -0.05) is 41.9 Å². The Balaban J connectivity index is 2.18. The fourth-order valence-corrected chi connectivity index (χ4v) is 2.14. The molecule has 0 saturated carbocycles. The van der Waals surface area contributed by atoms with Gasteiger partial charge in [0, 0.05) is 5.56 Å². The molecule has 0 saturated heterocycles. The number of nitrogens with zero attached hydrogens (tertiary/aromatic N) is 1. The smallest absolute Gasteiger partial charge is 0.141 e. The molecule has 0 amide bonds. The van der Waals surface area contributed by atoms with Gasteiger partial charge in [0.05, 0.1) is 10.7 Å². The zero-order valence-electron chi connectivity index (χ0n) is 11.5. The van der Waals surface area contributed by atoms with Gasteiger partial charge in [-0.3, -0.25) is 0 Å². The second kappa shape index (κ2) is 7.09. The normalized spacial score (nSPS) is 11.5. The van der Waals surface area contributed by atoms with Crippen molar-refractivity contribution in [1.29, 1.82) is 0 Å². The van der Waals surface area contributed by atoms with Gasteiger partial charge < -0.3 is 9.94 Å². The van der Waals surface area contributed by atoms with Crippen LogP contribution in [0.5, 0.6) is 5.75 Å². The minimum atomic E-state index is -0.457. The fraction of sp³-hybridized carbons (Fsp3) is 0.188. The van der Waals surface area contributed by atoms with Crippen LogP contribution in [0, 0.1) is 5.82 Å². The molecule has 0 aliphatic rings. The summed E-state index contributed by atoms with van der Waals surface area (Å²) in [4.78, 5) is 0. The Labute approximate surface area is 127 Å². The quantitative estimate of drug-likeness (QED) is 0.496. The van der Waals surface area contributed by atoms with Crippen LogP contribution in [0.15, 0.2) is 47.6 Å². The van der Waals surface area contributed by atoms with Crippen molar-refractivity contribution in [2.45, 2.75) is 20.0 Å². The second-order valence-corrected chi connectivity index (χ2v) is 4.84. The number of ether oxygens (including phenoxy) is 1. The molecular weight excluding hydrogens is 293 g/mol. The van der Waals surface area contributed by atoms with Gasteiger partial charge in [0.15, 0.2) is 0 Å². The molecule has 2 aromatic carbocycles. The summed E-state index contributed by atoms with van der Waals surface area (Å²) in [6.07, 6.45) is 0.583. The Bertz CT molecular complexity index is 658. The number of benzene rings is 2. The number of hydrogen-bond acceptors (Lipinski definition) is 3. The zero-order valence-corrected chi connectivity index (χ0v) is 12.3. The van der Waals surface area contributed by atoms with Gasteiger partial charge in [0.2, 0.25) is 0 Å². The molecule has 0 spiro atoms. The molecule has 0 atom stereocenters. The van der Waals surface area contributed by atoms with Crippen molar-refractivity contribution >= 4 is 17.3 Å². The van der Waals surface area contributed by atoms with E-state index in [1.165, 1.54) is 12.1 Å². The molecule has 0 aliphatic carbocycles. The van der Waals surface area contributed by atoms with Gasteiger partial charge in [0.25, 0.3) is 0 Å². The second-order valence-electron chi connectivity index (χ2n) is 4.43. The van der Waals surface area contributed by atoms with Crippen LogP contribution in [0.4, 0.5) is 4.39 Å². The molecule has 0 radical (unpaired) electrons. The van der Waals surface area contributed by atoms with Crippen molar-refractivity contribution in [2.75, 3.05) is 0 Å². The molecule has 0 bridgehead atoms. The van der Waals surface area contributed by atoms with Crippen molar-refractivity contribution in [1.82, 2.24) is 0 Å². The molecule has 110 valence electrons. The van der Waals surface area contributed by atoms with E-state index in [1.54, 1.807) is 12.1 Å². The van der Waals surface area contributed by atoms with Gasteiger partial charge in [-0.15, -0.1) is 0 Å². The maximum absolute atomic E-state index is 13.1. The topological polar surface area (TPSA) is 41.8 Å². The van der Waals surface area contributed by atoms with Crippen LogP contribution in [-0.2, 0) is 6.61 Å². The third-order valence-electron chi connectivity index (χ3n) is 3.03. The van der Waals surface area contributed by atoms with Crippen molar-refractivity contribution in [3.8, 4) is 5.75 Å². The first-order valence-electron chi connectivity index (χ1n) is 6.52. The highest BCUT2D eigenvalue weighted by Gasteiger charge is 2.09. The highest BCUT2D eigenvalue weighted by Crippen LogP contribution is 2.22. The van der Waals surface area contributed by atoms with Crippen LogP contribution in [0.3, 0.4) is 0 Å². The van der Waals surface area contributed by atoms with Gasteiger partial charge >= 0.3 is 0 Å². The Morgan fingerprint density at radius 3 is 2.71 bits per heavy atom. The summed E-state index contributed by atoms with van der Waals surface area (Å²) in [5.74, 6) is 0.147. The SMILES string of the molecule is CC/C(=N/O)c1ccccc1OCc1ccc(F)c(Cl)c1. The molecule has 2 aromatic rings. The average Bonchev–Trinajstić information content (AvgIpc) is 2.51.